The predicted molar refractivity (Wildman–Crippen MR) is 127 cm³/mol. The molecule has 0 spiro atoms. The van der Waals surface area contributed by atoms with E-state index in [2.05, 4.69) is 38.3 Å². The summed E-state index contributed by atoms with van der Waals surface area (Å²) < 4.78 is 0.997. The van der Waals surface area contributed by atoms with Crippen LogP contribution in [-0.2, 0) is 16.1 Å². The van der Waals surface area contributed by atoms with E-state index in [1.54, 1.807) is 12.1 Å². The fourth-order valence-electron chi connectivity index (χ4n) is 2.93. The van der Waals surface area contributed by atoms with Gasteiger partial charge in [-0.15, -0.1) is 0 Å². The monoisotopic (exact) mass is 552 g/mol. The average Bonchev–Trinajstić information content (AvgIpc) is 2.75. The number of pyridine rings is 1. The van der Waals surface area contributed by atoms with Gasteiger partial charge in [-0.25, -0.2) is 10.2 Å². The number of carboxylic acids is 1. The first-order valence-corrected chi connectivity index (χ1v) is 10.9. The van der Waals surface area contributed by atoms with Crippen LogP contribution < -0.4 is 16.5 Å². The highest BCUT2D eigenvalue weighted by Gasteiger charge is 2.30. The molecule has 1 heterocycles. The van der Waals surface area contributed by atoms with Crippen LogP contribution in [0.2, 0.25) is 0 Å². The third kappa shape index (κ3) is 8.23. The van der Waals surface area contributed by atoms with Crippen molar-refractivity contribution >= 4 is 46.2 Å². The van der Waals surface area contributed by atoms with Crippen LogP contribution >= 0.6 is 22.6 Å². The minimum atomic E-state index is -1.21. The fourth-order valence-corrected chi connectivity index (χ4v) is 3.54. The van der Waals surface area contributed by atoms with Crippen molar-refractivity contribution in [2.24, 2.45) is 5.73 Å². The molecule has 0 unspecified atom stereocenters. The maximum Gasteiger partial charge on any atom is 0.328 e. The molecule has 0 aliphatic rings. The first-order valence-electron chi connectivity index (χ1n) is 9.82. The molecule has 0 bridgehead atoms. The van der Waals surface area contributed by atoms with Crippen molar-refractivity contribution in [1.82, 2.24) is 20.7 Å². The van der Waals surface area contributed by atoms with Gasteiger partial charge in [0, 0.05) is 34.6 Å². The lowest BCUT2D eigenvalue weighted by Crippen LogP contribution is -2.53. The van der Waals surface area contributed by atoms with Crippen LogP contribution in [0.5, 0.6) is 0 Å². The molecule has 6 N–H and O–H groups in total. The molecule has 0 aliphatic heterocycles. The number of Topliss-reactive ketones (excluding diaryl/α,β-unsaturated/α-hetero) is 1. The molecule has 32 heavy (non-hydrogen) atoms. The second kappa shape index (κ2) is 12.7. The summed E-state index contributed by atoms with van der Waals surface area (Å²) in [6, 6.07) is 9.47. The van der Waals surface area contributed by atoms with E-state index in [1.165, 1.54) is 12.4 Å². The largest absolute Gasteiger partial charge is 0.480 e. The van der Waals surface area contributed by atoms with E-state index in [0.29, 0.717) is 6.42 Å². The van der Waals surface area contributed by atoms with Gasteiger partial charge in [-0.2, -0.15) is 0 Å². The molecule has 170 valence electrons. The van der Waals surface area contributed by atoms with Crippen LogP contribution in [0, 0.1) is 8.98 Å². The molecule has 0 aliphatic carbocycles. The van der Waals surface area contributed by atoms with E-state index >= 15 is 0 Å². The number of nitrogens with zero attached hydrogens (tertiary/aromatic N) is 2. The second-order valence-corrected chi connectivity index (χ2v) is 8.15. The molecule has 11 heteroatoms. The van der Waals surface area contributed by atoms with Crippen LogP contribution in [-0.4, -0.2) is 51.3 Å². The van der Waals surface area contributed by atoms with Crippen LogP contribution in [0.25, 0.3) is 0 Å². The number of halogens is 1. The maximum atomic E-state index is 13.0. The predicted octanol–water partition coefficient (Wildman–Crippen LogP) is 1.51. The third-order valence-electron chi connectivity index (χ3n) is 4.47. The summed E-state index contributed by atoms with van der Waals surface area (Å²) in [5.74, 6) is -2.53. The number of rotatable bonds is 12. The van der Waals surface area contributed by atoms with Crippen molar-refractivity contribution < 1.29 is 19.5 Å². The number of hydrogen-bond donors (Lipinski definition) is 5. The SMILES string of the molecule is N=C(N)NCCC[C@@H](C(=O)O)N(NCc1cccc(I)c1)C(=O)CC(=O)c1cccnc1. The molecule has 1 aromatic carbocycles. The Hall–Kier alpha value is -3.06. The Bertz CT molecular complexity index is 956. The number of carboxylic acid groups (broad SMARTS) is 1. The Balaban J connectivity index is 2.16. The zero-order chi connectivity index (χ0) is 23.5. The molecule has 1 aromatic heterocycles. The highest BCUT2D eigenvalue weighted by atomic mass is 127. The number of amides is 1. The number of carbonyl (C=O) groups excluding carboxylic acids is 2. The number of aliphatic carboxylic acids is 1. The third-order valence-corrected chi connectivity index (χ3v) is 5.14. The first kappa shape index (κ1) is 25.2. The zero-order valence-corrected chi connectivity index (χ0v) is 19.4. The minimum Gasteiger partial charge on any atom is -0.480 e. The molecular formula is C21H25IN6O4. The molecule has 1 amide bonds. The van der Waals surface area contributed by atoms with Crippen LogP contribution in [0.4, 0.5) is 0 Å². The van der Waals surface area contributed by atoms with Gasteiger partial charge < -0.3 is 16.2 Å². The van der Waals surface area contributed by atoms with Crippen molar-refractivity contribution in [2.45, 2.75) is 31.8 Å². The van der Waals surface area contributed by atoms with Crippen molar-refractivity contribution in [1.29, 1.82) is 5.41 Å². The second-order valence-electron chi connectivity index (χ2n) is 6.91. The summed E-state index contributed by atoms with van der Waals surface area (Å²) in [4.78, 5) is 41.3. The maximum absolute atomic E-state index is 13.0. The van der Waals surface area contributed by atoms with Crippen molar-refractivity contribution in [3.05, 3.63) is 63.5 Å². The first-order chi connectivity index (χ1) is 15.3. The van der Waals surface area contributed by atoms with Gasteiger partial charge in [0.25, 0.3) is 0 Å². The van der Waals surface area contributed by atoms with Crippen LogP contribution in [0.1, 0.15) is 35.2 Å². The van der Waals surface area contributed by atoms with Gasteiger partial charge in [0.1, 0.15) is 6.04 Å². The fraction of sp³-hybridized carbons (Fsp3) is 0.286. The summed E-state index contributed by atoms with van der Waals surface area (Å²) in [5.41, 5.74) is 9.27. The summed E-state index contributed by atoms with van der Waals surface area (Å²) in [6.45, 7) is 0.492. The number of ketones is 1. The highest BCUT2D eigenvalue weighted by molar-refractivity contribution is 14.1. The minimum absolute atomic E-state index is 0.0990. The number of hydrazine groups is 1. The van der Waals surface area contributed by atoms with E-state index in [0.717, 1.165) is 14.1 Å². The Morgan fingerprint density at radius 2 is 2.03 bits per heavy atom. The van der Waals surface area contributed by atoms with E-state index in [-0.39, 0.29) is 31.0 Å². The molecule has 0 saturated carbocycles. The van der Waals surface area contributed by atoms with Gasteiger partial charge in [-0.05, 0) is 65.3 Å². The van der Waals surface area contributed by atoms with Crippen molar-refractivity contribution in [3.63, 3.8) is 0 Å². The molecule has 10 nitrogen and oxygen atoms in total. The quantitative estimate of drug-likeness (QED) is 0.0504. The Morgan fingerprint density at radius 1 is 1.25 bits per heavy atom. The van der Waals surface area contributed by atoms with Gasteiger partial charge in [-0.3, -0.25) is 25.0 Å². The lowest BCUT2D eigenvalue weighted by atomic mass is 10.1. The van der Waals surface area contributed by atoms with E-state index in [1.807, 2.05) is 24.3 Å². The van der Waals surface area contributed by atoms with Crippen LogP contribution in [0.3, 0.4) is 0 Å². The Morgan fingerprint density at radius 3 is 2.66 bits per heavy atom. The number of aromatic nitrogens is 1. The van der Waals surface area contributed by atoms with Gasteiger partial charge in [0.2, 0.25) is 5.91 Å². The molecular weight excluding hydrogens is 527 g/mol. The normalized spacial score (nSPS) is 11.4. The summed E-state index contributed by atoms with van der Waals surface area (Å²) >= 11 is 2.16. The number of hydrogen-bond acceptors (Lipinski definition) is 6. The van der Waals surface area contributed by atoms with E-state index in [9.17, 15) is 19.5 Å². The molecule has 0 saturated heterocycles. The lowest BCUT2D eigenvalue weighted by molar-refractivity contribution is -0.153. The number of carbonyl (C=O) groups is 3. The van der Waals surface area contributed by atoms with Gasteiger partial charge in [0.05, 0.1) is 6.42 Å². The number of nitrogens with two attached hydrogens (primary N) is 1. The van der Waals surface area contributed by atoms with Crippen molar-refractivity contribution in [2.75, 3.05) is 6.54 Å². The lowest BCUT2D eigenvalue weighted by Gasteiger charge is -2.29. The summed E-state index contributed by atoms with van der Waals surface area (Å²) in [5, 5.41) is 20.6. The molecule has 2 rings (SSSR count). The summed E-state index contributed by atoms with van der Waals surface area (Å²) in [7, 11) is 0. The number of benzene rings is 1. The van der Waals surface area contributed by atoms with E-state index in [4.69, 9.17) is 11.1 Å². The van der Waals surface area contributed by atoms with Crippen LogP contribution in [0.15, 0.2) is 48.8 Å². The highest BCUT2D eigenvalue weighted by Crippen LogP contribution is 2.12. The number of nitrogens with one attached hydrogen (secondary N) is 3. The topological polar surface area (TPSA) is 162 Å². The summed E-state index contributed by atoms with van der Waals surface area (Å²) in [6.07, 6.45) is 2.83. The molecule has 0 fully saturated rings. The zero-order valence-electron chi connectivity index (χ0n) is 17.3. The molecule has 1 atom stereocenters. The van der Waals surface area contributed by atoms with Gasteiger partial charge in [-0.1, -0.05) is 12.1 Å². The van der Waals surface area contributed by atoms with Crippen molar-refractivity contribution in [3.8, 4) is 0 Å². The van der Waals surface area contributed by atoms with Gasteiger partial charge in [0.15, 0.2) is 11.7 Å². The Labute approximate surface area is 199 Å². The molecule has 2 aromatic rings. The molecule has 0 radical (unpaired) electrons. The number of guanidine groups is 1. The van der Waals surface area contributed by atoms with Gasteiger partial charge >= 0.3 is 5.97 Å². The average molecular weight is 552 g/mol. The van der Waals surface area contributed by atoms with E-state index < -0.39 is 30.1 Å². The Kier molecular flexibility index (Phi) is 10.0. The smallest absolute Gasteiger partial charge is 0.328 e. The standard InChI is InChI=1S/C21H25IN6O4/c22-16-6-1-4-14(10-16)12-27-28(17(20(31)32)7-3-9-26-21(23)24)19(30)11-18(29)15-5-2-8-25-13-15/h1-2,4-6,8,10,13,17,27H,3,7,9,11-12H2,(H,31,32)(H4,23,24,26)/t17-/m0/s1.